The molecule has 3 nitrogen and oxygen atoms in total. The van der Waals surface area contributed by atoms with Crippen LogP contribution in [0.25, 0.3) is 0 Å². The van der Waals surface area contributed by atoms with Crippen molar-refractivity contribution in [2.45, 2.75) is 69.5 Å². The van der Waals surface area contributed by atoms with Gasteiger partial charge >= 0.3 is 0 Å². The standard InChI is InChI=1S/C14H28N2O/c1-11-4-3-5-12(8-11)16(2)13-6-7-14(15,9-13)10-17/h11-13,17H,3-10,15H2,1-2H3. The third-order valence-corrected chi connectivity index (χ3v) is 4.99. The first kappa shape index (κ1) is 13.3. The monoisotopic (exact) mass is 240 g/mol. The van der Waals surface area contributed by atoms with Crippen molar-refractivity contribution in [2.75, 3.05) is 13.7 Å². The highest BCUT2D eigenvalue weighted by atomic mass is 16.3. The van der Waals surface area contributed by atoms with Crippen LogP contribution in [0.3, 0.4) is 0 Å². The average Bonchev–Trinajstić information content (AvgIpc) is 2.72. The Labute approximate surface area is 105 Å². The van der Waals surface area contributed by atoms with Crippen molar-refractivity contribution >= 4 is 0 Å². The lowest BCUT2D eigenvalue weighted by Gasteiger charge is -2.38. The van der Waals surface area contributed by atoms with E-state index in [9.17, 15) is 5.11 Å². The molecule has 100 valence electrons. The van der Waals surface area contributed by atoms with Gasteiger partial charge in [0.25, 0.3) is 0 Å². The molecule has 0 aromatic carbocycles. The van der Waals surface area contributed by atoms with Gasteiger partial charge in [0.2, 0.25) is 0 Å². The van der Waals surface area contributed by atoms with E-state index in [4.69, 9.17) is 5.73 Å². The molecule has 2 fully saturated rings. The van der Waals surface area contributed by atoms with Gasteiger partial charge in [-0.05, 0) is 45.1 Å². The molecule has 0 bridgehead atoms. The summed E-state index contributed by atoms with van der Waals surface area (Å²) in [5.41, 5.74) is 5.86. The van der Waals surface area contributed by atoms with Crippen LogP contribution in [-0.4, -0.2) is 41.3 Å². The van der Waals surface area contributed by atoms with Gasteiger partial charge in [-0.3, -0.25) is 0 Å². The van der Waals surface area contributed by atoms with Crippen LogP contribution in [0.4, 0.5) is 0 Å². The van der Waals surface area contributed by atoms with Crippen LogP contribution in [0.1, 0.15) is 51.9 Å². The molecule has 0 saturated heterocycles. The second kappa shape index (κ2) is 5.25. The zero-order valence-corrected chi connectivity index (χ0v) is 11.4. The Hall–Kier alpha value is -0.120. The van der Waals surface area contributed by atoms with Crippen molar-refractivity contribution < 1.29 is 5.11 Å². The van der Waals surface area contributed by atoms with E-state index in [0.717, 1.165) is 31.2 Å². The van der Waals surface area contributed by atoms with Gasteiger partial charge in [0.1, 0.15) is 0 Å². The Morgan fingerprint density at radius 1 is 1.29 bits per heavy atom. The van der Waals surface area contributed by atoms with Gasteiger partial charge in [-0.2, -0.15) is 0 Å². The van der Waals surface area contributed by atoms with E-state index in [2.05, 4.69) is 18.9 Å². The van der Waals surface area contributed by atoms with Crippen molar-refractivity contribution in [1.29, 1.82) is 0 Å². The van der Waals surface area contributed by atoms with Gasteiger partial charge in [-0.25, -0.2) is 0 Å². The maximum Gasteiger partial charge on any atom is 0.0611 e. The van der Waals surface area contributed by atoms with E-state index in [-0.39, 0.29) is 12.1 Å². The molecule has 2 saturated carbocycles. The summed E-state index contributed by atoms with van der Waals surface area (Å²) in [5.74, 6) is 0.873. The Morgan fingerprint density at radius 2 is 2.06 bits per heavy atom. The molecule has 2 aliphatic carbocycles. The van der Waals surface area contributed by atoms with Gasteiger partial charge in [0, 0.05) is 17.6 Å². The fraction of sp³-hybridized carbons (Fsp3) is 1.00. The van der Waals surface area contributed by atoms with E-state index in [1.807, 2.05) is 0 Å². The highest BCUT2D eigenvalue weighted by Crippen LogP contribution is 2.35. The molecule has 0 amide bonds. The molecule has 4 atom stereocenters. The predicted octanol–water partition coefficient (Wildman–Crippen LogP) is 1.74. The molecule has 2 aliphatic rings. The second-order valence-electron chi connectivity index (χ2n) is 6.51. The Balaban J connectivity index is 1.90. The summed E-state index contributed by atoms with van der Waals surface area (Å²) in [4.78, 5) is 2.56. The lowest BCUT2D eigenvalue weighted by molar-refractivity contribution is 0.111. The third-order valence-electron chi connectivity index (χ3n) is 4.99. The van der Waals surface area contributed by atoms with E-state index in [1.54, 1.807) is 0 Å². The fourth-order valence-corrected chi connectivity index (χ4v) is 3.69. The molecule has 3 heteroatoms. The molecule has 0 heterocycles. The maximum absolute atomic E-state index is 9.33. The first-order valence-electron chi connectivity index (χ1n) is 7.16. The average molecular weight is 240 g/mol. The van der Waals surface area contributed by atoms with Crippen LogP contribution in [-0.2, 0) is 0 Å². The third kappa shape index (κ3) is 3.01. The predicted molar refractivity (Wildman–Crippen MR) is 70.8 cm³/mol. The van der Waals surface area contributed by atoms with Crippen molar-refractivity contribution in [3.05, 3.63) is 0 Å². The first-order valence-corrected chi connectivity index (χ1v) is 7.16. The molecule has 4 unspecified atom stereocenters. The van der Waals surface area contributed by atoms with E-state index >= 15 is 0 Å². The number of aliphatic hydroxyl groups excluding tert-OH is 1. The molecule has 0 radical (unpaired) electrons. The number of nitrogens with zero attached hydrogens (tertiary/aromatic N) is 1. The van der Waals surface area contributed by atoms with Gasteiger partial charge in [-0.1, -0.05) is 19.8 Å². The van der Waals surface area contributed by atoms with E-state index in [1.165, 1.54) is 25.7 Å². The summed E-state index contributed by atoms with van der Waals surface area (Å²) in [7, 11) is 2.26. The van der Waals surface area contributed by atoms with Crippen molar-refractivity contribution in [3.8, 4) is 0 Å². The molecule has 0 aromatic rings. The molecule has 0 spiro atoms. The number of nitrogens with two attached hydrogens (primary N) is 1. The number of rotatable bonds is 3. The minimum atomic E-state index is -0.306. The summed E-state index contributed by atoms with van der Waals surface area (Å²) in [6, 6.07) is 1.33. The van der Waals surface area contributed by atoms with Gasteiger partial charge in [0.05, 0.1) is 6.61 Å². The Morgan fingerprint density at radius 3 is 2.65 bits per heavy atom. The van der Waals surface area contributed by atoms with Gasteiger partial charge < -0.3 is 15.7 Å². The fourth-order valence-electron chi connectivity index (χ4n) is 3.69. The SMILES string of the molecule is CC1CCCC(N(C)C2CCC(N)(CO)C2)C1. The molecular formula is C14H28N2O. The highest BCUT2D eigenvalue weighted by molar-refractivity contribution is 4.97. The topological polar surface area (TPSA) is 49.5 Å². The molecule has 3 N–H and O–H groups in total. The largest absolute Gasteiger partial charge is 0.394 e. The lowest BCUT2D eigenvalue weighted by atomic mass is 9.85. The summed E-state index contributed by atoms with van der Waals surface area (Å²) < 4.78 is 0. The molecular weight excluding hydrogens is 212 g/mol. The van der Waals surface area contributed by atoms with Crippen LogP contribution in [0.2, 0.25) is 0 Å². The highest BCUT2D eigenvalue weighted by Gasteiger charge is 2.39. The zero-order chi connectivity index (χ0) is 12.5. The summed E-state index contributed by atoms with van der Waals surface area (Å²) in [6.45, 7) is 2.51. The molecule has 2 rings (SSSR count). The number of hydrogen-bond acceptors (Lipinski definition) is 3. The Kier molecular flexibility index (Phi) is 4.11. The van der Waals surface area contributed by atoms with Crippen molar-refractivity contribution in [1.82, 2.24) is 4.90 Å². The van der Waals surface area contributed by atoms with Crippen LogP contribution in [0.15, 0.2) is 0 Å². The smallest absolute Gasteiger partial charge is 0.0611 e. The lowest BCUT2D eigenvalue weighted by Crippen LogP contribution is -2.46. The van der Waals surface area contributed by atoms with E-state index in [0.29, 0.717) is 6.04 Å². The summed E-state index contributed by atoms with van der Waals surface area (Å²) in [5, 5.41) is 9.33. The zero-order valence-electron chi connectivity index (χ0n) is 11.4. The molecule has 0 aliphatic heterocycles. The second-order valence-corrected chi connectivity index (χ2v) is 6.51. The number of hydrogen-bond donors (Lipinski definition) is 2. The van der Waals surface area contributed by atoms with E-state index < -0.39 is 0 Å². The van der Waals surface area contributed by atoms with Gasteiger partial charge in [-0.15, -0.1) is 0 Å². The van der Waals surface area contributed by atoms with Crippen LogP contribution in [0.5, 0.6) is 0 Å². The Bertz CT molecular complexity index is 259. The minimum absolute atomic E-state index is 0.137. The van der Waals surface area contributed by atoms with Crippen LogP contribution in [0, 0.1) is 5.92 Å². The number of aliphatic hydroxyl groups is 1. The maximum atomic E-state index is 9.33. The van der Waals surface area contributed by atoms with Crippen LogP contribution < -0.4 is 5.73 Å². The summed E-state index contributed by atoms with van der Waals surface area (Å²) in [6.07, 6.45) is 8.53. The first-order chi connectivity index (χ1) is 8.04. The molecule has 17 heavy (non-hydrogen) atoms. The minimum Gasteiger partial charge on any atom is -0.394 e. The summed E-state index contributed by atoms with van der Waals surface area (Å²) >= 11 is 0. The quantitative estimate of drug-likeness (QED) is 0.790. The van der Waals surface area contributed by atoms with Crippen molar-refractivity contribution in [2.24, 2.45) is 11.7 Å². The normalized spacial score (nSPS) is 43.2. The molecule has 0 aromatic heterocycles. The van der Waals surface area contributed by atoms with Gasteiger partial charge in [0.15, 0.2) is 0 Å². The van der Waals surface area contributed by atoms with Crippen molar-refractivity contribution in [3.63, 3.8) is 0 Å². The van der Waals surface area contributed by atoms with Crippen LogP contribution >= 0.6 is 0 Å².